The van der Waals surface area contributed by atoms with Gasteiger partial charge in [0.15, 0.2) is 0 Å². The van der Waals surface area contributed by atoms with E-state index in [0.717, 1.165) is 25.9 Å². The number of nitrogens with one attached hydrogen (secondary N) is 1. The second kappa shape index (κ2) is 7.27. The summed E-state index contributed by atoms with van der Waals surface area (Å²) in [6, 6.07) is -0.0732. The highest BCUT2D eigenvalue weighted by Crippen LogP contribution is 2.12. The van der Waals surface area contributed by atoms with Gasteiger partial charge in [-0.1, -0.05) is 6.92 Å². The molecule has 0 aromatic heterocycles. The van der Waals surface area contributed by atoms with Gasteiger partial charge in [0.1, 0.15) is 0 Å². The topological polar surface area (TPSA) is 58.6 Å². The summed E-state index contributed by atoms with van der Waals surface area (Å²) in [5.74, 6) is -0.117. The summed E-state index contributed by atoms with van der Waals surface area (Å²) < 4.78 is 4.85. The van der Waals surface area contributed by atoms with Crippen molar-refractivity contribution in [1.29, 1.82) is 0 Å². The molecule has 0 aliphatic carbocycles. The highest BCUT2D eigenvalue weighted by atomic mass is 16.5. The lowest BCUT2D eigenvalue weighted by atomic mass is 10.0. The van der Waals surface area contributed by atoms with Crippen LogP contribution in [0.4, 0.5) is 0 Å². The molecule has 17 heavy (non-hydrogen) atoms. The van der Waals surface area contributed by atoms with Crippen LogP contribution in [0.15, 0.2) is 0 Å². The molecule has 1 amide bonds. The van der Waals surface area contributed by atoms with Crippen molar-refractivity contribution in [1.82, 2.24) is 10.2 Å². The average Bonchev–Trinajstić information content (AvgIpc) is 2.31. The van der Waals surface area contributed by atoms with Gasteiger partial charge < -0.3 is 15.0 Å². The Bertz CT molecular complexity index is 266. The van der Waals surface area contributed by atoms with E-state index in [1.165, 1.54) is 0 Å². The average molecular weight is 242 g/mol. The lowest BCUT2D eigenvalue weighted by Gasteiger charge is -2.32. The van der Waals surface area contributed by atoms with E-state index >= 15 is 0 Å². The van der Waals surface area contributed by atoms with Crippen LogP contribution in [0.2, 0.25) is 0 Å². The minimum absolute atomic E-state index is 0.0732. The van der Waals surface area contributed by atoms with E-state index in [9.17, 15) is 9.59 Å². The van der Waals surface area contributed by atoms with Crippen molar-refractivity contribution in [3.63, 3.8) is 0 Å². The summed E-state index contributed by atoms with van der Waals surface area (Å²) in [6.07, 6.45) is 2.17. The van der Waals surface area contributed by atoms with E-state index in [1.54, 1.807) is 11.8 Å². The molecule has 1 fully saturated rings. The third-order valence-corrected chi connectivity index (χ3v) is 2.87. The van der Waals surface area contributed by atoms with Crippen molar-refractivity contribution in [2.24, 2.45) is 0 Å². The number of nitrogens with zero attached hydrogens (tertiary/aromatic N) is 1. The van der Waals surface area contributed by atoms with Gasteiger partial charge in [-0.3, -0.25) is 9.59 Å². The maximum atomic E-state index is 12.0. The first-order valence-corrected chi connectivity index (χ1v) is 6.36. The second-order valence-corrected chi connectivity index (χ2v) is 4.13. The number of piperidine rings is 1. The summed E-state index contributed by atoms with van der Waals surface area (Å²) in [4.78, 5) is 25.0. The number of likely N-dealkylation sites (tertiary alicyclic amines) is 1. The van der Waals surface area contributed by atoms with E-state index in [4.69, 9.17) is 4.74 Å². The quantitative estimate of drug-likeness (QED) is 0.691. The van der Waals surface area contributed by atoms with Crippen molar-refractivity contribution in [3.8, 4) is 0 Å². The first-order valence-electron chi connectivity index (χ1n) is 6.36. The minimum atomic E-state index is -0.231. The number of hydrogen-bond donors (Lipinski definition) is 1. The summed E-state index contributed by atoms with van der Waals surface area (Å²) in [5.41, 5.74) is 0. The molecule has 0 aromatic carbocycles. The van der Waals surface area contributed by atoms with Crippen molar-refractivity contribution >= 4 is 11.9 Å². The molecule has 0 bridgehead atoms. The molecule has 98 valence electrons. The molecule has 1 unspecified atom stereocenters. The van der Waals surface area contributed by atoms with Gasteiger partial charge in [0.2, 0.25) is 5.91 Å². The largest absolute Gasteiger partial charge is 0.466 e. The molecule has 0 saturated carbocycles. The van der Waals surface area contributed by atoms with Crippen molar-refractivity contribution in [3.05, 3.63) is 0 Å². The van der Waals surface area contributed by atoms with Crippen LogP contribution in [0.5, 0.6) is 0 Å². The molecule has 1 atom stereocenters. The third-order valence-electron chi connectivity index (χ3n) is 2.87. The first kappa shape index (κ1) is 14.0. The van der Waals surface area contributed by atoms with Gasteiger partial charge >= 0.3 is 5.97 Å². The number of hydrogen-bond acceptors (Lipinski definition) is 4. The molecular weight excluding hydrogens is 220 g/mol. The van der Waals surface area contributed by atoms with Crippen LogP contribution in [0.25, 0.3) is 0 Å². The summed E-state index contributed by atoms with van der Waals surface area (Å²) >= 11 is 0. The number of ether oxygens (including phenoxy) is 1. The van der Waals surface area contributed by atoms with E-state index in [0.29, 0.717) is 19.6 Å². The van der Waals surface area contributed by atoms with Crippen LogP contribution in [-0.2, 0) is 14.3 Å². The van der Waals surface area contributed by atoms with Gasteiger partial charge in [-0.2, -0.15) is 0 Å². The highest BCUT2D eigenvalue weighted by molar-refractivity contribution is 5.83. The minimum Gasteiger partial charge on any atom is -0.466 e. The first-order chi connectivity index (χ1) is 8.19. The number of carbonyl (C=O) groups excluding carboxylic acids is 2. The Morgan fingerprint density at radius 3 is 2.94 bits per heavy atom. The van der Waals surface area contributed by atoms with E-state index < -0.39 is 0 Å². The molecule has 0 radical (unpaired) electrons. The monoisotopic (exact) mass is 242 g/mol. The fourth-order valence-corrected chi connectivity index (χ4v) is 2.06. The van der Waals surface area contributed by atoms with Gasteiger partial charge in [-0.15, -0.1) is 0 Å². The standard InChI is InChI=1S/C12H22N2O3/c1-3-13-10-6-5-8-14(12(10)16)9-7-11(15)17-4-2/h10,13H,3-9H2,1-2H3. The Morgan fingerprint density at radius 2 is 2.29 bits per heavy atom. The SMILES string of the molecule is CCNC1CCCN(CCC(=O)OCC)C1=O. The molecule has 5 heteroatoms. The van der Waals surface area contributed by atoms with Crippen molar-refractivity contribution in [2.45, 2.75) is 39.2 Å². The van der Waals surface area contributed by atoms with Crippen LogP contribution in [0.3, 0.4) is 0 Å². The number of carbonyl (C=O) groups is 2. The predicted molar refractivity (Wildman–Crippen MR) is 64.5 cm³/mol. The van der Waals surface area contributed by atoms with Crippen LogP contribution in [0.1, 0.15) is 33.1 Å². The fraction of sp³-hybridized carbons (Fsp3) is 0.833. The van der Waals surface area contributed by atoms with Crippen molar-refractivity contribution < 1.29 is 14.3 Å². The summed E-state index contributed by atoms with van der Waals surface area (Å²) in [5, 5.41) is 3.17. The Balaban J connectivity index is 2.37. The van der Waals surface area contributed by atoms with Crippen LogP contribution in [0, 0.1) is 0 Å². The Labute approximate surface area is 102 Å². The maximum absolute atomic E-state index is 12.0. The van der Waals surface area contributed by atoms with Gasteiger partial charge in [-0.25, -0.2) is 0 Å². The smallest absolute Gasteiger partial charge is 0.307 e. The number of esters is 1. The highest BCUT2D eigenvalue weighted by Gasteiger charge is 2.27. The van der Waals surface area contributed by atoms with Crippen LogP contribution < -0.4 is 5.32 Å². The van der Waals surface area contributed by atoms with E-state index in [1.807, 2.05) is 6.92 Å². The van der Waals surface area contributed by atoms with Gasteiger partial charge in [0, 0.05) is 13.1 Å². The summed E-state index contributed by atoms with van der Waals surface area (Å²) in [7, 11) is 0. The van der Waals surface area contributed by atoms with Crippen LogP contribution in [-0.4, -0.2) is 49.1 Å². The normalized spacial score (nSPS) is 20.5. The molecule has 5 nitrogen and oxygen atoms in total. The Hall–Kier alpha value is -1.10. The van der Waals surface area contributed by atoms with E-state index in [2.05, 4.69) is 5.32 Å². The van der Waals surface area contributed by atoms with Crippen molar-refractivity contribution in [2.75, 3.05) is 26.2 Å². The predicted octanol–water partition coefficient (Wildman–Crippen LogP) is 0.540. The molecular formula is C12H22N2O3. The second-order valence-electron chi connectivity index (χ2n) is 4.13. The third kappa shape index (κ3) is 4.34. The Morgan fingerprint density at radius 1 is 1.53 bits per heavy atom. The lowest BCUT2D eigenvalue weighted by Crippen LogP contribution is -2.51. The molecule has 1 saturated heterocycles. The molecule has 1 aliphatic heterocycles. The molecule has 1 N–H and O–H groups in total. The molecule has 1 aliphatic rings. The zero-order valence-corrected chi connectivity index (χ0v) is 10.7. The van der Waals surface area contributed by atoms with Gasteiger partial charge in [-0.05, 0) is 26.3 Å². The fourth-order valence-electron chi connectivity index (χ4n) is 2.06. The van der Waals surface area contributed by atoms with E-state index in [-0.39, 0.29) is 17.9 Å². The zero-order chi connectivity index (χ0) is 12.7. The summed E-state index contributed by atoms with van der Waals surface area (Å²) in [6.45, 7) is 6.19. The van der Waals surface area contributed by atoms with Gasteiger partial charge in [0.25, 0.3) is 0 Å². The maximum Gasteiger partial charge on any atom is 0.307 e. The number of amides is 1. The lowest BCUT2D eigenvalue weighted by molar-refractivity contribution is -0.144. The molecule has 0 spiro atoms. The Kier molecular flexibility index (Phi) is 5.97. The molecule has 1 heterocycles. The molecule has 1 rings (SSSR count). The zero-order valence-electron chi connectivity index (χ0n) is 10.7. The van der Waals surface area contributed by atoms with Gasteiger partial charge in [0.05, 0.1) is 19.1 Å². The molecule has 0 aromatic rings. The number of likely N-dealkylation sites (N-methyl/N-ethyl adjacent to an activating group) is 1. The number of rotatable bonds is 6. The van der Waals surface area contributed by atoms with Crippen LogP contribution >= 0.6 is 0 Å².